The molecule has 2 rings (SSSR count). The molecule has 0 bridgehead atoms. The summed E-state index contributed by atoms with van der Waals surface area (Å²) in [6.45, 7) is 0. The van der Waals surface area contributed by atoms with Crippen molar-refractivity contribution in [2.24, 2.45) is 5.73 Å². The highest BCUT2D eigenvalue weighted by molar-refractivity contribution is 6.50. The zero-order chi connectivity index (χ0) is 21.1. The topological polar surface area (TPSA) is 119 Å². The molecule has 0 unspecified atom stereocenters. The molecule has 5 N–H and O–H groups in total. The van der Waals surface area contributed by atoms with Gasteiger partial charge >= 0.3 is 12.1 Å². The lowest BCUT2D eigenvalue weighted by molar-refractivity contribution is -0.137. The van der Waals surface area contributed by atoms with Gasteiger partial charge in [-0.15, -0.1) is 0 Å². The van der Waals surface area contributed by atoms with E-state index in [1.165, 1.54) is 31.4 Å². The lowest BCUT2D eigenvalue weighted by atomic mass is 10.0. The molecule has 2 aromatic rings. The fourth-order valence-corrected chi connectivity index (χ4v) is 2.31. The number of nitrogens with two attached hydrogens (primary N) is 2. The fraction of sp³-hybridized carbons (Fsp3) is 0.105. The van der Waals surface area contributed by atoms with Gasteiger partial charge in [0.1, 0.15) is 5.71 Å². The van der Waals surface area contributed by atoms with Crippen molar-refractivity contribution < 1.29 is 27.5 Å². The minimum absolute atomic E-state index is 0.0108. The first kappa shape index (κ1) is 20.7. The van der Waals surface area contributed by atoms with Gasteiger partial charge in [-0.1, -0.05) is 18.2 Å². The Morgan fingerprint density at radius 3 is 2.14 bits per heavy atom. The second-order valence-corrected chi connectivity index (χ2v) is 5.71. The Bertz CT molecular complexity index is 965. The first-order valence-electron chi connectivity index (χ1n) is 7.80. The highest BCUT2D eigenvalue weighted by atomic mass is 19.4. The maximum absolute atomic E-state index is 12.7. The van der Waals surface area contributed by atoms with E-state index in [9.17, 15) is 22.8 Å². The first-order chi connectivity index (χ1) is 13.0. The average molecular weight is 391 g/mol. The molecule has 0 aliphatic carbocycles. The van der Waals surface area contributed by atoms with Crippen LogP contribution in [-0.2, 0) is 15.7 Å². The second-order valence-electron chi connectivity index (χ2n) is 5.71. The maximum Gasteiger partial charge on any atom is 0.416 e. The van der Waals surface area contributed by atoms with E-state index in [1.807, 2.05) is 0 Å². The minimum atomic E-state index is -4.58. The Balaban J connectivity index is 2.23. The summed E-state index contributed by atoms with van der Waals surface area (Å²) in [4.78, 5) is 23.7. The summed E-state index contributed by atoms with van der Waals surface area (Å²) in [5.74, 6) is -1.37. The molecule has 0 amide bonds. The molecule has 0 heterocycles. The lowest BCUT2D eigenvalue weighted by Crippen LogP contribution is -2.16. The van der Waals surface area contributed by atoms with E-state index < -0.39 is 29.2 Å². The van der Waals surface area contributed by atoms with Gasteiger partial charge in [0.2, 0.25) is 5.78 Å². The summed E-state index contributed by atoms with van der Waals surface area (Å²) in [7, 11) is 1.24. The monoisotopic (exact) mass is 391 g/mol. The molecule has 0 radical (unpaired) electrons. The van der Waals surface area contributed by atoms with Crippen molar-refractivity contribution in [3.63, 3.8) is 0 Å². The number of ether oxygens (including phenoxy) is 1. The summed E-state index contributed by atoms with van der Waals surface area (Å²) in [5, 5.41) is 7.90. The molecule has 0 aliphatic heterocycles. The Morgan fingerprint density at radius 1 is 1.07 bits per heavy atom. The lowest BCUT2D eigenvalue weighted by Gasteiger charge is -2.11. The van der Waals surface area contributed by atoms with Crippen LogP contribution in [0.2, 0.25) is 0 Å². The SMILES string of the molecule is COC(=O)c1ccc(C(N)=CC(=O)C(=N)c2ccc(C(F)(F)F)cc2N)cc1. The zero-order valence-electron chi connectivity index (χ0n) is 14.6. The molecule has 0 aromatic heterocycles. The van der Waals surface area contributed by atoms with Gasteiger partial charge in [-0.25, -0.2) is 4.79 Å². The van der Waals surface area contributed by atoms with E-state index in [0.717, 1.165) is 18.2 Å². The first-order valence-corrected chi connectivity index (χ1v) is 7.80. The summed E-state index contributed by atoms with van der Waals surface area (Å²) in [6.07, 6.45) is -3.62. The number of ketones is 1. The highest BCUT2D eigenvalue weighted by Gasteiger charge is 2.31. The van der Waals surface area contributed by atoms with E-state index in [1.54, 1.807) is 0 Å². The minimum Gasteiger partial charge on any atom is -0.465 e. The Labute approximate surface area is 158 Å². The van der Waals surface area contributed by atoms with Crippen LogP contribution in [0.4, 0.5) is 18.9 Å². The van der Waals surface area contributed by atoms with Crippen molar-refractivity contribution >= 4 is 28.8 Å². The van der Waals surface area contributed by atoms with E-state index >= 15 is 0 Å². The van der Waals surface area contributed by atoms with Gasteiger partial charge in [0, 0.05) is 23.0 Å². The number of nitrogens with one attached hydrogen (secondary N) is 1. The number of carbonyl (C=O) groups excluding carboxylic acids is 2. The summed E-state index contributed by atoms with van der Waals surface area (Å²) in [6, 6.07) is 8.25. The van der Waals surface area contributed by atoms with Crippen LogP contribution in [0.15, 0.2) is 48.5 Å². The van der Waals surface area contributed by atoms with Crippen LogP contribution in [0, 0.1) is 5.41 Å². The Hall–Kier alpha value is -3.62. The number of benzene rings is 2. The molecule has 28 heavy (non-hydrogen) atoms. The molecule has 0 saturated carbocycles. The van der Waals surface area contributed by atoms with Crippen molar-refractivity contribution in [1.29, 1.82) is 5.41 Å². The van der Waals surface area contributed by atoms with Crippen molar-refractivity contribution in [3.05, 3.63) is 70.8 Å². The molecule has 6 nitrogen and oxygen atoms in total. The summed E-state index contributed by atoms with van der Waals surface area (Å²) in [5.41, 5.74) is 10.1. The smallest absolute Gasteiger partial charge is 0.416 e. The largest absolute Gasteiger partial charge is 0.465 e. The predicted octanol–water partition coefficient (Wildman–Crippen LogP) is 3.01. The molecule has 0 spiro atoms. The maximum atomic E-state index is 12.7. The zero-order valence-corrected chi connectivity index (χ0v) is 14.6. The van der Waals surface area contributed by atoms with Gasteiger partial charge < -0.3 is 16.2 Å². The van der Waals surface area contributed by atoms with Crippen LogP contribution < -0.4 is 11.5 Å². The molecule has 0 saturated heterocycles. The summed E-state index contributed by atoms with van der Waals surface area (Å²) >= 11 is 0. The van der Waals surface area contributed by atoms with Crippen LogP contribution in [0.5, 0.6) is 0 Å². The van der Waals surface area contributed by atoms with Gasteiger partial charge in [-0.2, -0.15) is 13.2 Å². The number of rotatable bonds is 5. The number of anilines is 1. The normalized spacial score (nSPS) is 11.8. The molecule has 2 aromatic carbocycles. The number of methoxy groups -OCH3 is 1. The predicted molar refractivity (Wildman–Crippen MR) is 97.6 cm³/mol. The third kappa shape index (κ3) is 4.56. The molecule has 9 heteroatoms. The fourth-order valence-electron chi connectivity index (χ4n) is 2.31. The molecule has 0 fully saturated rings. The standard InChI is InChI=1S/C19H16F3N3O3/c1-28-18(27)11-4-2-10(3-5-11)14(23)9-16(26)17(25)13-7-6-12(8-15(13)24)19(20,21)22/h2-9,25H,23-24H2,1H3. The van der Waals surface area contributed by atoms with Gasteiger partial charge in [0.15, 0.2) is 0 Å². The number of halogens is 3. The van der Waals surface area contributed by atoms with E-state index in [4.69, 9.17) is 16.9 Å². The van der Waals surface area contributed by atoms with E-state index in [0.29, 0.717) is 11.6 Å². The molecule has 146 valence electrons. The van der Waals surface area contributed by atoms with Crippen LogP contribution in [0.3, 0.4) is 0 Å². The van der Waals surface area contributed by atoms with Crippen LogP contribution in [-0.4, -0.2) is 24.6 Å². The molecular formula is C19H16F3N3O3. The third-order valence-electron chi connectivity index (χ3n) is 3.82. The van der Waals surface area contributed by atoms with E-state index in [2.05, 4.69) is 4.74 Å². The van der Waals surface area contributed by atoms with Gasteiger partial charge in [-0.3, -0.25) is 10.2 Å². The number of alkyl halides is 3. The number of esters is 1. The highest BCUT2D eigenvalue weighted by Crippen LogP contribution is 2.31. The van der Waals surface area contributed by atoms with Crippen molar-refractivity contribution in [1.82, 2.24) is 0 Å². The quantitative estimate of drug-likeness (QED) is 0.313. The molecule has 0 aliphatic rings. The van der Waals surface area contributed by atoms with Crippen molar-refractivity contribution in [2.45, 2.75) is 6.18 Å². The number of carbonyl (C=O) groups is 2. The Kier molecular flexibility index (Phi) is 5.87. The average Bonchev–Trinajstić information content (AvgIpc) is 2.66. The van der Waals surface area contributed by atoms with E-state index in [-0.39, 0.29) is 22.5 Å². The van der Waals surface area contributed by atoms with Crippen molar-refractivity contribution in [2.75, 3.05) is 12.8 Å². The van der Waals surface area contributed by atoms with Crippen molar-refractivity contribution in [3.8, 4) is 0 Å². The third-order valence-corrected chi connectivity index (χ3v) is 3.82. The number of allylic oxidation sites excluding steroid dienone is 1. The summed E-state index contributed by atoms with van der Waals surface area (Å²) < 4.78 is 42.6. The van der Waals surface area contributed by atoms with Crippen LogP contribution >= 0.6 is 0 Å². The Morgan fingerprint density at radius 2 is 1.64 bits per heavy atom. The number of hydrogen-bond acceptors (Lipinski definition) is 6. The van der Waals surface area contributed by atoms with Crippen LogP contribution in [0.1, 0.15) is 27.0 Å². The van der Waals surface area contributed by atoms with Crippen LogP contribution in [0.25, 0.3) is 5.70 Å². The number of nitrogen functional groups attached to an aromatic ring is 1. The molecule has 0 atom stereocenters. The number of hydrogen-bond donors (Lipinski definition) is 3. The van der Waals surface area contributed by atoms with Gasteiger partial charge in [-0.05, 0) is 29.8 Å². The second kappa shape index (κ2) is 7.95. The van der Waals surface area contributed by atoms with Gasteiger partial charge in [0.25, 0.3) is 0 Å². The van der Waals surface area contributed by atoms with Gasteiger partial charge in [0.05, 0.1) is 18.2 Å². The molecular weight excluding hydrogens is 375 g/mol.